The fourth-order valence-electron chi connectivity index (χ4n) is 0.949. The van der Waals surface area contributed by atoms with Crippen LogP contribution >= 0.6 is 8.02 Å². The summed E-state index contributed by atoms with van der Waals surface area (Å²) in [5.74, 6) is 0.880. The van der Waals surface area contributed by atoms with E-state index >= 15 is 0 Å². The number of hydrogen-bond donors (Lipinski definition) is 0. The minimum Gasteiger partial charge on any atom is -0.486 e. The maximum Gasteiger partial charge on any atom is 0.145 e. The van der Waals surface area contributed by atoms with E-state index in [2.05, 4.69) is 24.8 Å². The number of ether oxygens (including phenoxy) is 1. The van der Waals surface area contributed by atoms with E-state index in [0.717, 1.165) is 11.4 Å². The first-order valence-corrected chi connectivity index (χ1v) is 7.05. The van der Waals surface area contributed by atoms with Gasteiger partial charge in [-0.15, -0.1) is 0 Å². The van der Waals surface area contributed by atoms with Crippen LogP contribution in [0.2, 0.25) is 0 Å². The van der Waals surface area contributed by atoms with Crippen molar-refractivity contribution in [3.05, 3.63) is 24.3 Å². The van der Waals surface area contributed by atoms with Crippen molar-refractivity contribution in [2.24, 2.45) is 4.99 Å². The molecule has 0 aliphatic carbocycles. The fraction of sp³-hybridized carbons (Fsp3) is 0.417. The average Bonchev–Trinajstić information content (AvgIpc) is 2.45. The van der Waals surface area contributed by atoms with E-state index in [4.69, 9.17) is 4.74 Å². The molecule has 90 valence electrons. The number of fused-ring (bicyclic) bond motifs is 1. The van der Waals surface area contributed by atoms with E-state index in [1.807, 2.05) is 52.0 Å². The summed E-state index contributed by atoms with van der Waals surface area (Å²) in [6, 6.07) is 7.75. The zero-order valence-electron chi connectivity index (χ0n) is 10.4. The second-order valence-corrected chi connectivity index (χ2v) is 2.09. The predicted molar refractivity (Wildman–Crippen MR) is 78.5 cm³/mol. The van der Waals surface area contributed by atoms with Crippen molar-refractivity contribution >= 4 is 31.7 Å². The van der Waals surface area contributed by atoms with Crippen LogP contribution in [0.5, 0.6) is 5.75 Å². The molecular formula is C12H20NOPS. The Morgan fingerprint density at radius 2 is 1.69 bits per heavy atom. The van der Waals surface area contributed by atoms with E-state index in [0.29, 0.717) is 6.61 Å². The van der Waals surface area contributed by atoms with Gasteiger partial charge in [-0.2, -0.15) is 0 Å². The summed E-state index contributed by atoms with van der Waals surface area (Å²) in [7, 11) is 2.56. The Morgan fingerprint density at radius 1 is 1.12 bits per heavy atom. The topological polar surface area (TPSA) is 21.6 Å². The average molecular weight is 257 g/mol. The molecule has 0 saturated heterocycles. The first kappa shape index (κ1) is 17.6. The van der Waals surface area contributed by atoms with Gasteiger partial charge in [0.2, 0.25) is 0 Å². The molecule has 1 aromatic rings. The molecule has 0 amide bonds. The Kier molecular flexibility index (Phi) is 15.6. The molecule has 4 heteroatoms. The third-order valence-electron chi connectivity index (χ3n) is 1.41. The van der Waals surface area contributed by atoms with Gasteiger partial charge in [0.15, 0.2) is 0 Å². The summed E-state index contributed by atoms with van der Waals surface area (Å²) >= 11 is 3.89. The van der Waals surface area contributed by atoms with Gasteiger partial charge in [0.25, 0.3) is 0 Å². The lowest BCUT2D eigenvalue weighted by molar-refractivity contribution is 0.377. The van der Waals surface area contributed by atoms with Gasteiger partial charge in [0.1, 0.15) is 18.0 Å². The molecule has 0 fully saturated rings. The zero-order valence-corrected chi connectivity index (χ0v) is 12.2. The molecule has 0 N–H and O–H groups in total. The smallest absolute Gasteiger partial charge is 0.145 e. The first-order chi connectivity index (χ1) is 7.97. The van der Waals surface area contributed by atoms with Gasteiger partial charge in [0.05, 0.1) is 0 Å². The minimum absolute atomic E-state index is 0.594. The summed E-state index contributed by atoms with van der Waals surface area (Å²) in [4.78, 5) is 4.14. The van der Waals surface area contributed by atoms with E-state index in [1.54, 1.807) is 6.21 Å². The first-order valence-electron chi connectivity index (χ1n) is 5.41. The number of benzene rings is 1. The molecule has 1 aromatic carbocycles. The molecule has 0 aromatic heterocycles. The second-order valence-electron chi connectivity index (χ2n) is 2.09. The lowest BCUT2D eigenvalue weighted by atomic mass is 10.3. The standard InChI is InChI=1S/C8H7NO.2C2H6.HPS/c1-2-4-8-7(3-1)9-5-6-10-8;3*1-2/h1-5H,6H2;2*1-2H3;1H. The van der Waals surface area contributed by atoms with Crippen molar-refractivity contribution < 1.29 is 4.74 Å². The fourth-order valence-corrected chi connectivity index (χ4v) is 0.949. The van der Waals surface area contributed by atoms with Gasteiger partial charge in [-0.05, 0) is 20.1 Å². The number of hydrogen-bond acceptors (Lipinski definition) is 3. The van der Waals surface area contributed by atoms with Crippen molar-refractivity contribution in [3.63, 3.8) is 0 Å². The number of rotatable bonds is 0. The molecular weight excluding hydrogens is 237 g/mol. The van der Waals surface area contributed by atoms with E-state index < -0.39 is 0 Å². The van der Waals surface area contributed by atoms with Crippen LogP contribution in [-0.4, -0.2) is 12.8 Å². The largest absolute Gasteiger partial charge is 0.486 e. The van der Waals surface area contributed by atoms with Crippen LogP contribution in [0.15, 0.2) is 29.3 Å². The van der Waals surface area contributed by atoms with Crippen LogP contribution in [0.1, 0.15) is 27.7 Å². The minimum atomic E-state index is 0.594. The van der Waals surface area contributed by atoms with Crippen molar-refractivity contribution in [2.45, 2.75) is 27.7 Å². The van der Waals surface area contributed by atoms with Crippen LogP contribution in [0, 0.1) is 0 Å². The molecule has 0 unspecified atom stereocenters. The van der Waals surface area contributed by atoms with Gasteiger partial charge < -0.3 is 4.74 Å². The summed E-state index contributed by atoms with van der Waals surface area (Å²) in [5, 5.41) is 0. The van der Waals surface area contributed by atoms with E-state index in [-0.39, 0.29) is 0 Å². The summed E-state index contributed by atoms with van der Waals surface area (Å²) in [6.07, 6.45) is 1.77. The molecule has 2 nitrogen and oxygen atoms in total. The summed E-state index contributed by atoms with van der Waals surface area (Å²) in [5.41, 5.74) is 0.925. The van der Waals surface area contributed by atoms with Crippen LogP contribution in [0.4, 0.5) is 5.69 Å². The number of aliphatic imine (C=N–C) groups is 1. The van der Waals surface area contributed by atoms with Gasteiger partial charge in [-0.3, -0.25) is 4.99 Å². The van der Waals surface area contributed by atoms with Crippen molar-refractivity contribution in [1.82, 2.24) is 0 Å². The third-order valence-corrected chi connectivity index (χ3v) is 1.41. The maximum atomic E-state index is 5.27. The van der Waals surface area contributed by atoms with Crippen LogP contribution in [-0.2, 0) is 11.8 Å². The second kappa shape index (κ2) is 14.2. The Balaban J connectivity index is 0. The molecule has 0 spiro atoms. The molecule has 0 saturated carbocycles. The van der Waals surface area contributed by atoms with E-state index in [9.17, 15) is 0 Å². The number of para-hydroxylation sites is 2. The lowest BCUT2D eigenvalue weighted by Crippen LogP contribution is -2.01. The van der Waals surface area contributed by atoms with E-state index in [1.165, 1.54) is 0 Å². The third kappa shape index (κ3) is 6.65. The highest BCUT2D eigenvalue weighted by Gasteiger charge is 2.02. The molecule has 2 rings (SSSR count). The molecule has 1 aliphatic rings. The molecule has 1 heterocycles. The van der Waals surface area contributed by atoms with Crippen LogP contribution in [0.25, 0.3) is 0 Å². The lowest BCUT2D eigenvalue weighted by Gasteiger charge is -2.09. The highest BCUT2D eigenvalue weighted by Crippen LogP contribution is 2.27. The van der Waals surface area contributed by atoms with Gasteiger partial charge in [0, 0.05) is 6.21 Å². The van der Waals surface area contributed by atoms with Gasteiger partial charge >= 0.3 is 0 Å². The monoisotopic (exact) mass is 257 g/mol. The quantitative estimate of drug-likeness (QED) is 0.641. The zero-order chi connectivity index (χ0) is 12.8. The Hall–Kier alpha value is -0.790. The van der Waals surface area contributed by atoms with Gasteiger partial charge in [-0.1, -0.05) is 51.6 Å². The number of nitrogens with zero attached hydrogens (tertiary/aromatic N) is 1. The normalized spacial score (nSPS) is 9.75. The van der Waals surface area contributed by atoms with Gasteiger partial charge in [-0.25, -0.2) is 0 Å². The molecule has 16 heavy (non-hydrogen) atoms. The van der Waals surface area contributed by atoms with Crippen LogP contribution in [0.3, 0.4) is 0 Å². The van der Waals surface area contributed by atoms with Crippen molar-refractivity contribution in [1.29, 1.82) is 0 Å². The van der Waals surface area contributed by atoms with Crippen molar-refractivity contribution in [3.8, 4) is 5.75 Å². The Bertz CT molecular complexity index is 292. The maximum absolute atomic E-state index is 5.27. The predicted octanol–water partition coefficient (Wildman–Crippen LogP) is 4.42. The SMILES string of the molecule is C1=Nc2ccccc2OC1.CC.CC.P=S. The van der Waals surface area contributed by atoms with Crippen molar-refractivity contribution in [2.75, 3.05) is 6.61 Å². The highest BCUT2D eigenvalue weighted by atomic mass is 32.4. The van der Waals surface area contributed by atoms with Crippen LogP contribution < -0.4 is 4.74 Å². The molecule has 0 atom stereocenters. The molecule has 0 bridgehead atoms. The summed E-state index contributed by atoms with van der Waals surface area (Å²) in [6.45, 7) is 8.59. The Morgan fingerprint density at radius 3 is 2.25 bits per heavy atom. The molecule has 0 radical (unpaired) electrons. The summed E-state index contributed by atoms with van der Waals surface area (Å²) < 4.78 is 5.27. The highest BCUT2D eigenvalue weighted by molar-refractivity contribution is 7.88. The Labute approximate surface area is 106 Å². The molecule has 1 aliphatic heterocycles.